The van der Waals surface area contributed by atoms with Gasteiger partial charge in [0.25, 0.3) is 5.91 Å². The zero-order valence-electron chi connectivity index (χ0n) is 16.8. The molecule has 2 aromatic rings. The molecular formula is C24H25N4O2. The fourth-order valence-corrected chi connectivity index (χ4v) is 4.78. The average molecular weight is 401 g/mol. The number of nitrogens with two attached hydrogens (primary N) is 1. The van der Waals surface area contributed by atoms with E-state index in [0.29, 0.717) is 24.2 Å². The van der Waals surface area contributed by atoms with Crippen molar-refractivity contribution in [2.24, 2.45) is 17.6 Å². The molecule has 2 fully saturated rings. The quantitative estimate of drug-likeness (QED) is 0.802. The SMILES string of the molecule is N#Cc1ccc(C(=O)N2CC3CN(CC[CH]c4ccccc4)C(C(N)=O)[C@@H]3C2)cc1. The highest BCUT2D eigenvalue weighted by molar-refractivity contribution is 5.94. The molecule has 6 nitrogen and oxygen atoms in total. The Kier molecular flexibility index (Phi) is 5.82. The lowest BCUT2D eigenvalue weighted by Gasteiger charge is -2.27. The van der Waals surface area contributed by atoms with Crippen molar-refractivity contribution in [1.29, 1.82) is 5.26 Å². The minimum absolute atomic E-state index is 0.0546. The lowest BCUT2D eigenvalue weighted by atomic mass is 9.94. The van der Waals surface area contributed by atoms with Crippen LogP contribution in [-0.2, 0) is 4.79 Å². The predicted octanol–water partition coefficient (Wildman–Crippen LogP) is 2.06. The van der Waals surface area contributed by atoms with Crippen molar-refractivity contribution in [3.05, 3.63) is 77.7 Å². The largest absolute Gasteiger partial charge is 0.368 e. The molecule has 30 heavy (non-hydrogen) atoms. The Morgan fingerprint density at radius 2 is 1.80 bits per heavy atom. The second kappa shape index (κ2) is 8.68. The minimum atomic E-state index is -0.335. The Morgan fingerprint density at radius 3 is 2.47 bits per heavy atom. The predicted molar refractivity (Wildman–Crippen MR) is 113 cm³/mol. The fraction of sp³-hybridized carbons (Fsp3) is 0.333. The zero-order valence-corrected chi connectivity index (χ0v) is 16.8. The Labute approximate surface area is 176 Å². The van der Waals surface area contributed by atoms with Gasteiger partial charge in [0, 0.05) is 31.1 Å². The minimum Gasteiger partial charge on any atom is -0.368 e. The number of carbonyl (C=O) groups excluding carboxylic acids is 2. The molecule has 0 bridgehead atoms. The Hall–Kier alpha value is -3.17. The van der Waals surface area contributed by atoms with Crippen LogP contribution in [0.2, 0.25) is 0 Å². The molecule has 3 atom stereocenters. The van der Waals surface area contributed by atoms with Gasteiger partial charge >= 0.3 is 0 Å². The number of hydrogen-bond acceptors (Lipinski definition) is 4. The van der Waals surface area contributed by atoms with Crippen LogP contribution in [0.4, 0.5) is 0 Å². The summed E-state index contributed by atoms with van der Waals surface area (Å²) in [4.78, 5) is 29.1. The van der Waals surface area contributed by atoms with Gasteiger partial charge in [-0.2, -0.15) is 5.26 Å². The van der Waals surface area contributed by atoms with Crippen LogP contribution in [0.15, 0.2) is 54.6 Å². The summed E-state index contributed by atoms with van der Waals surface area (Å²) in [5.74, 6) is -0.0425. The van der Waals surface area contributed by atoms with Crippen molar-refractivity contribution in [2.75, 3.05) is 26.2 Å². The second-order valence-corrected chi connectivity index (χ2v) is 8.07. The maximum absolute atomic E-state index is 12.9. The highest BCUT2D eigenvalue weighted by Crippen LogP contribution is 2.37. The summed E-state index contributed by atoms with van der Waals surface area (Å²) in [7, 11) is 0. The summed E-state index contributed by atoms with van der Waals surface area (Å²) in [5.41, 5.74) is 8.04. The third kappa shape index (κ3) is 4.07. The monoisotopic (exact) mass is 401 g/mol. The highest BCUT2D eigenvalue weighted by Gasteiger charge is 2.50. The van der Waals surface area contributed by atoms with E-state index in [9.17, 15) is 9.59 Å². The first-order valence-corrected chi connectivity index (χ1v) is 10.3. The normalized spacial score (nSPS) is 23.2. The van der Waals surface area contributed by atoms with E-state index < -0.39 is 0 Å². The number of carbonyl (C=O) groups is 2. The molecule has 6 heteroatoms. The maximum Gasteiger partial charge on any atom is 0.253 e. The number of nitrogens with zero attached hydrogens (tertiary/aromatic N) is 3. The van der Waals surface area contributed by atoms with Crippen LogP contribution in [0.1, 0.15) is 27.9 Å². The van der Waals surface area contributed by atoms with Gasteiger partial charge in [0.15, 0.2) is 0 Å². The molecule has 2 heterocycles. The summed E-state index contributed by atoms with van der Waals surface area (Å²) in [5, 5.41) is 8.92. The smallest absolute Gasteiger partial charge is 0.253 e. The molecule has 0 aliphatic carbocycles. The van der Waals surface area contributed by atoms with Crippen molar-refractivity contribution in [1.82, 2.24) is 9.80 Å². The van der Waals surface area contributed by atoms with Gasteiger partial charge in [0.2, 0.25) is 5.91 Å². The average Bonchev–Trinajstić information content (AvgIpc) is 3.31. The summed E-state index contributed by atoms with van der Waals surface area (Å²) in [6.45, 7) is 2.72. The first kappa shape index (κ1) is 20.1. The van der Waals surface area contributed by atoms with Gasteiger partial charge in [-0.1, -0.05) is 30.3 Å². The van der Waals surface area contributed by atoms with Gasteiger partial charge in [-0.25, -0.2) is 0 Å². The topological polar surface area (TPSA) is 90.4 Å². The number of rotatable bonds is 6. The molecule has 2 saturated heterocycles. The molecule has 2 aromatic carbocycles. The summed E-state index contributed by atoms with van der Waals surface area (Å²) in [6.07, 6.45) is 3.02. The van der Waals surface area contributed by atoms with Crippen LogP contribution < -0.4 is 5.73 Å². The highest BCUT2D eigenvalue weighted by atomic mass is 16.2. The fourth-order valence-electron chi connectivity index (χ4n) is 4.78. The van der Waals surface area contributed by atoms with Crippen molar-refractivity contribution in [3.8, 4) is 6.07 Å². The van der Waals surface area contributed by atoms with E-state index in [2.05, 4.69) is 29.5 Å². The number of amides is 2. The first-order valence-electron chi connectivity index (χ1n) is 10.3. The van der Waals surface area contributed by atoms with Crippen LogP contribution >= 0.6 is 0 Å². The lowest BCUT2D eigenvalue weighted by Crippen LogP contribution is -2.46. The van der Waals surface area contributed by atoms with Crippen LogP contribution in [0.25, 0.3) is 0 Å². The number of primary amides is 1. The van der Waals surface area contributed by atoms with E-state index in [1.165, 1.54) is 5.56 Å². The van der Waals surface area contributed by atoms with E-state index in [1.54, 1.807) is 24.3 Å². The van der Waals surface area contributed by atoms with Crippen molar-refractivity contribution >= 4 is 11.8 Å². The number of fused-ring (bicyclic) bond motifs is 1. The molecule has 2 aliphatic heterocycles. The van der Waals surface area contributed by atoms with Gasteiger partial charge in [-0.3, -0.25) is 14.5 Å². The number of nitriles is 1. The van der Waals surface area contributed by atoms with Crippen molar-refractivity contribution in [2.45, 2.75) is 12.5 Å². The Bertz CT molecular complexity index is 951. The number of likely N-dealkylation sites (tertiary alicyclic amines) is 2. The van der Waals surface area contributed by atoms with Crippen LogP contribution in [-0.4, -0.2) is 53.8 Å². The lowest BCUT2D eigenvalue weighted by molar-refractivity contribution is -0.123. The van der Waals surface area contributed by atoms with E-state index in [-0.39, 0.29) is 29.7 Å². The molecule has 4 rings (SSSR count). The van der Waals surface area contributed by atoms with Crippen LogP contribution in [0.3, 0.4) is 0 Å². The number of benzene rings is 2. The van der Waals surface area contributed by atoms with E-state index in [4.69, 9.17) is 11.0 Å². The van der Waals surface area contributed by atoms with Gasteiger partial charge in [-0.15, -0.1) is 0 Å². The van der Waals surface area contributed by atoms with E-state index in [1.807, 2.05) is 23.1 Å². The van der Waals surface area contributed by atoms with Gasteiger partial charge in [0.05, 0.1) is 17.7 Å². The standard InChI is InChI=1S/C24H25N4O2/c25-13-18-8-10-19(11-9-18)24(30)28-15-20-14-27(22(23(26)29)21(20)16-28)12-4-7-17-5-2-1-3-6-17/h1-3,5-11,20-22H,4,12,14-16H2,(H2,26,29)/t20?,21-,22?/m1/s1. The summed E-state index contributed by atoms with van der Waals surface area (Å²) in [6, 6.07) is 18.6. The molecule has 2 N–H and O–H groups in total. The summed E-state index contributed by atoms with van der Waals surface area (Å²) >= 11 is 0. The van der Waals surface area contributed by atoms with Crippen molar-refractivity contribution in [3.63, 3.8) is 0 Å². The molecule has 2 aliphatic rings. The van der Waals surface area contributed by atoms with Crippen molar-refractivity contribution < 1.29 is 9.59 Å². The van der Waals surface area contributed by atoms with Gasteiger partial charge < -0.3 is 10.6 Å². The Morgan fingerprint density at radius 1 is 1.07 bits per heavy atom. The zero-order chi connectivity index (χ0) is 21.1. The maximum atomic E-state index is 12.9. The van der Waals surface area contributed by atoms with E-state index in [0.717, 1.165) is 19.5 Å². The van der Waals surface area contributed by atoms with Crippen LogP contribution in [0.5, 0.6) is 0 Å². The van der Waals surface area contributed by atoms with Gasteiger partial charge in [-0.05, 0) is 55.1 Å². The molecule has 0 spiro atoms. The third-order valence-corrected chi connectivity index (χ3v) is 6.20. The van der Waals surface area contributed by atoms with E-state index >= 15 is 0 Å². The molecule has 2 unspecified atom stereocenters. The first-order chi connectivity index (χ1) is 14.6. The molecule has 0 aromatic heterocycles. The third-order valence-electron chi connectivity index (χ3n) is 6.20. The Balaban J connectivity index is 1.37. The number of hydrogen-bond donors (Lipinski definition) is 1. The van der Waals surface area contributed by atoms with Crippen LogP contribution in [0, 0.1) is 29.6 Å². The molecule has 0 saturated carbocycles. The molecular weight excluding hydrogens is 376 g/mol. The molecule has 153 valence electrons. The van der Waals surface area contributed by atoms with Gasteiger partial charge in [0.1, 0.15) is 0 Å². The second-order valence-electron chi connectivity index (χ2n) is 8.07. The molecule has 2 amide bonds. The molecule has 1 radical (unpaired) electrons. The summed E-state index contributed by atoms with van der Waals surface area (Å²) < 4.78 is 0.